The van der Waals surface area contributed by atoms with Crippen LogP contribution < -0.4 is 4.74 Å². The SMILES string of the molecule is Cc1cccc(/C(=C/Br)Oc2ccccc2C=O)c1. The van der Waals surface area contributed by atoms with Crippen LogP contribution in [-0.4, -0.2) is 6.29 Å². The Balaban J connectivity index is 2.32. The largest absolute Gasteiger partial charge is 0.455 e. The zero-order valence-electron chi connectivity index (χ0n) is 10.5. The molecule has 2 aromatic carbocycles. The fourth-order valence-corrected chi connectivity index (χ4v) is 2.09. The third-order valence-electron chi connectivity index (χ3n) is 2.67. The maximum Gasteiger partial charge on any atom is 0.153 e. The van der Waals surface area contributed by atoms with E-state index < -0.39 is 0 Å². The summed E-state index contributed by atoms with van der Waals surface area (Å²) in [4.78, 5) is 12.7. The summed E-state index contributed by atoms with van der Waals surface area (Å²) < 4.78 is 5.81. The second-order valence-corrected chi connectivity index (χ2v) is 4.56. The number of ether oxygens (including phenoxy) is 1. The van der Waals surface area contributed by atoms with Gasteiger partial charge in [-0.15, -0.1) is 0 Å². The fraction of sp³-hybridized carbons (Fsp3) is 0.0625. The van der Waals surface area contributed by atoms with Gasteiger partial charge in [-0.2, -0.15) is 0 Å². The van der Waals surface area contributed by atoms with Gasteiger partial charge >= 0.3 is 0 Å². The van der Waals surface area contributed by atoms with Gasteiger partial charge in [-0.05, 0) is 25.1 Å². The third kappa shape index (κ3) is 3.32. The average Bonchev–Trinajstić information content (AvgIpc) is 2.45. The first kappa shape index (κ1) is 13.6. The van der Waals surface area contributed by atoms with Gasteiger partial charge in [-0.25, -0.2) is 0 Å². The maximum absolute atomic E-state index is 11.0. The molecule has 0 heterocycles. The predicted octanol–water partition coefficient (Wildman–Crippen LogP) is 4.58. The highest BCUT2D eigenvalue weighted by Gasteiger charge is 2.07. The predicted molar refractivity (Wildman–Crippen MR) is 80.5 cm³/mol. The first-order valence-electron chi connectivity index (χ1n) is 5.84. The van der Waals surface area contributed by atoms with Gasteiger partial charge in [-0.3, -0.25) is 4.79 Å². The molecular formula is C16H13BrO2. The Morgan fingerprint density at radius 1 is 1.16 bits per heavy atom. The molecule has 96 valence electrons. The Morgan fingerprint density at radius 2 is 1.95 bits per heavy atom. The Kier molecular flexibility index (Phi) is 4.53. The lowest BCUT2D eigenvalue weighted by Crippen LogP contribution is -1.97. The van der Waals surface area contributed by atoms with Crippen LogP contribution in [0.3, 0.4) is 0 Å². The van der Waals surface area contributed by atoms with E-state index in [1.54, 1.807) is 23.2 Å². The van der Waals surface area contributed by atoms with Gasteiger partial charge < -0.3 is 4.74 Å². The van der Waals surface area contributed by atoms with Crippen LogP contribution in [0.2, 0.25) is 0 Å². The number of hydrogen-bond acceptors (Lipinski definition) is 2. The van der Waals surface area contributed by atoms with Crippen LogP contribution in [0.5, 0.6) is 5.75 Å². The summed E-state index contributed by atoms with van der Waals surface area (Å²) in [5.41, 5.74) is 2.64. The number of rotatable bonds is 4. The lowest BCUT2D eigenvalue weighted by atomic mass is 10.1. The maximum atomic E-state index is 11.0. The highest BCUT2D eigenvalue weighted by molar-refractivity contribution is 9.11. The molecule has 0 saturated heterocycles. The Hall–Kier alpha value is -1.87. The van der Waals surface area contributed by atoms with E-state index in [-0.39, 0.29) is 0 Å². The summed E-state index contributed by atoms with van der Waals surface area (Å²) >= 11 is 3.31. The van der Waals surface area contributed by atoms with Crippen LogP contribution in [0, 0.1) is 6.92 Å². The Bertz CT molecular complexity index is 618. The molecule has 2 rings (SSSR count). The average molecular weight is 317 g/mol. The second-order valence-electron chi connectivity index (χ2n) is 4.10. The topological polar surface area (TPSA) is 26.3 Å². The van der Waals surface area contributed by atoms with E-state index in [4.69, 9.17) is 4.74 Å². The molecule has 3 heteroatoms. The van der Waals surface area contributed by atoms with Crippen molar-refractivity contribution in [2.24, 2.45) is 0 Å². The van der Waals surface area contributed by atoms with Crippen LogP contribution in [0.1, 0.15) is 21.5 Å². The lowest BCUT2D eigenvalue weighted by molar-refractivity contribution is 0.112. The van der Waals surface area contributed by atoms with Crippen molar-refractivity contribution in [2.45, 2.75) is 6.92 Å². The van der Waals surface area contributed by atoms with E-state index in [0.717, 1.165) is 17.4 Å². The zero-order valence-corrected chi connectivity index (χ0v) is 12.1. The fourth-order valence-electron chi connectivity index (χ4n) is 1.73. The number of aryl methyl sites for hydroxylation is 1. The summed E-state index contributed by atoms with van der Waals surface area (Å²) in [6.07, 6.45) is 0.789. The van der Waals surface area contributed by atoms with E-state index >= 15 is 0 Å². The number of benzene rings is 2. The van der Waals surface area contributed by atoms with Gasteiger partial charge in [0.1, 0.15) is 11.5 Å². The number of aldehydes is 1. The lowest BCUT2D eigenvalue weighted by Gasteiger charge is -2.11. The smallest absolute Gasteiger partial charge is 0.153 e. The second kappa shape index (κ2) is 6.34. The minimum absolute atomic E-state index is 0.530. The number of carbonyl (C=O) groups is 1. The molecule has 0 fully saturated rings. The van der Waals surface area contributed by atoms with Crippen LogP contribution in [0.15, 0.2) is 53.5 Å². The first-order chi connectivity index (χ1) is 9.24. The van der Waals surface area contributed by atoms with Gasteiger partial charge in [0, 0.05) is 10.5 Å². The molecule has 0 saturated carbocycles. The molecule has 0 radical (unpaired) electrons. The van der Waals surface area contributed by atoms with Crippen molar-refractivity contribution in [2.75, 3.05) is 0 Å². The molecule has 0 aliphatic carbocycles. The minimum atomic E-state index is 0.530. The molecule has 2 nitrogen and oxygen atoms in total. The van der Waals surface area contributed by atoms with Crippen LogP contribution in [-0.2, 0) is 0 Å². The number of halogens is 1. The number of carbonyl (C=O) groups excluding carboxylic acids is 1. The molecule has 2 aromatic rings. The Labute approximate surface area is 120 Å². The summed E-state index contributed by atoms with van der Waals surface area (Å²) in [7, 11) is 0. The van der Waals surface area contributed by atoms with Crippen LogP contribution in [0.25, 0.3) is 5.76 Å². The molecule has 0 aliphatic heterocycles. The van der Waals surface area contributed by atoms with E-state index in [0.29, 0.717) is 17.1 Å². The molecule has 19 heavy (non-hydrogen) atoms. The summed E-state index contributed by atoms with van der Waals surface area (Å²) in [5, 5.41) is 0. The van der Waals surface area contributed by atoms with Crippen LogP contribution in [0.4, 0.5) is 0 Å². The normalized spacial score (nSPS) is 11.2. The van der Waals surface area contributed by atoms with Gasteiger partial charge in [0.25, 0.3) is 0 Å². The first-order valence-corrected chi connectivity index (χ1v) is 6.75. The van der Waals surface area contributed by atoms with Gasteiger partial charge in [0.15, 0.2) is 6.29 Å². The molecule has 0 atom stereocenters. The number of hydrogen-bond donors (Lipinski definition) is 0. The van der Waals surface area contributed by atoms with Crippen LogP contribution >= 0.6 is 15.9 Å². The van der Waals surface area contributed by atoms with E-state index in [1.807, 2.05) is 37.3 Å². The summed E-state index contributed by atoms with van der Waals surface area (Å²) in [6.45, 7) is 2.02. The third-order valence-corrected chi connectivity index (χ3v) is 3.08. The summed E-state index contributed by atoms with van der Waals surface area (Å²) in [6, 6.07) is 15.1. The van der Waals surface area contributed by atoms with Crippen molar-refractivity contribution in [3.05, 3.63) is 70.2 Å². The Morgan fingerprint density at radius 3 is 2.63 bits per heavy atom. The molecule has 0 N–H and O–H groups in total. The van der Waals surface area contributed by atoms with E-state index in [1.165, 1.54) is 0 Å². The van der Waals surface area contributed by atoms with Crippen molar-refractivity contribution in [1.82, 2.24) is 0 Å². The summed E-state index contributed by atoms with van der Waals surface area (Å²) in [5.74, 6) is 1.21. The van der Waals surface area contributed by atoms with Crippen molar-refractivity contribution in [3.8, 4) is 5.75 Å². The molecule has 0 spiro atoms. The van der Waals surface area contributed by atoms with E-state index in [9.17, 15) is 4.79 Å². The molecule has 0 bridgehead atoms. The standard InChI is InChI=1S/C16H13BrO2/c1-12-5-4-7-13(9-12)16(10-17)19-15-8-3-2-6-14(15)11-18/h2-11H,1H3/b16-10-. The van der Waals surface area contributed by atoms with Crippen molar-refractivity contribution < 1.29 is 9.53 Å². The van der Waals surface area contributed by atoms with Crippen molar-refractivity contribution in [3.63, 3.8) is 0 Å². The molecule has 0 unspecified atom stereocenters. The van der Waals surface area contributed by atoms with Gasteiger partial charge in [0.2, 0.25) is 0 Å². The van der Waals surface area contributed by atoms with Gasteiger partial charge in [0.05, 0.1) is 5.56 Å². The molecular weight excluding hydrogens is 304 g/mol. The van der Waals surface area contributed by atoms with E-state index in [2.05, 4.69) is 15.9 Å². The van der Waals surface area contributed by atoms with Crippen molar-refractivity contribution in [1.29, 1.82) is 0 Å². The quantitative estimate of drug-likeness (QED) is 0.609. The highest BCUT2D eigenvalue weighted by atomic mass is 79.9. The zero-order chi connectivity index (χ0) is 13.7. The molecule has 0 amide bonds. The molecule has 0 aromatic heterocycles. The minimum Gasteiger partial charge on any atom is -0.455 e. The monoisotopic (exact) mass is 316 g/mol. The van der Waals surface area contributed by atoms with Crippen molar-refractivity contribution >= 4 is 28.0 Å². The highest BCUT2D eigenvalue weighted by Crippen LogP contribution is 2.25. The number of para-hydroxylation sites is 1. The molecule has 0 aliphatic rings. The van der Waals surface area contributed by atoms with Gasteiger partial charge in [-0.1, -0.05) is 51.8 Å².